The van der Waals surface area contributed by atoms with E-state index in [-0.39, 0.29) is 18.5 Å². The van der Waals surface area contributed by atoms with Gasteiger partial charge in [0.05, 0.1) is 11.6 Å². The highest BCUT2D eigenvalue weighted by Crippen LogP contribution is 2.32. The van der Waals surface area contributed by atoms with Gasteiger partial charge in [-0.05, 0) is 30.9 Å². The van der Waals surface area contributed by atoms with Crippen LogP contribution < -0.4 is 0 Å². The fourth-order valence-corrected chi connectivity index (χ4v) is 4.40. The molecule has 1 saturated carbocycles. The SMILES string of the molecule is CCc1ccccc1S(=O)(=O)N1CCN(C(=O)C2CC2)C1. The van der Waals surface area contributed by atoms with Crippen molar-refractivity contribution in [2.75, 3.05) is 19.8 Å². The highest BCUT2D eigenvalue weighted by molar-refractivity contribution is 7.89. The number of hydrogen-bond donors (Lipinski definition) is 0. The number of sulfonamides is 1. The van der Waals surface area contributed by atoms with Crippen LogP contribution in [-0.2, 0) is 21.2 Å². The van der Waals surface area contributed by atoms with Crippen LogP contribution in [0.4, 0.5) is 0 Å². The topological polar surface area (TPSA) is 57.7 Å². The van der Waals surface area contributed by atoms with Crippen molar-refractivity contribution < 1.29 is 13.2 Å². The van der Waals surface area contributed by atoms with E-state index in [9.17, 15) is 13.2 Å². The maximum Gasteiger partial charge on any atom is 0.244 e. The number of benzene rings is 1. The highest BCUT2D eigenvalue weighted by Gasteiger charge is 2.39. The number of carbonyl (C=O) groups excluding carboxylic acids is 1. The van der Waals surface area contributed by atoms with Crippen molar-refractivity contribution in [3.8, 4) is 0 Å². The summed E-state index contributed by atoms with van der Waals surface area (Å²) in [6.07, 6.45) is 2.56. The third-order valence-corrected chi connectivity index (χ3v) is 6.09. The van der Waals surface area contributed by atoms with Crippen LogP contribution in [-0.4, -0.2) is 43.3 Å². The number of nitrogens with zero attached hydrogens (tertiary/aromatic N) is 2. The second-order valence-corrected chi connectivity index (χ2v) is 7.57. The van der Waals surface area contributed by atoms with Gasteiger partial charge in [0.15, 0.2) is 0 Å². The van der Waals surface area contributed by atoms with Gasteiger partial charge in [-0.2, -0.15) is 4.31 Å². The second-order valence-electron chi connectivity index (χ2n) is 5.66. The number of rotatable bonds is 4. The summed E-state index contributed by atoms with van der Waals surface area (Å²) in [5.74, 6) is 0.243. The van der Waals surface area contributed by atoms with E-state index in [1.165, 1.54) is 4.31 Å². The van der Waals surface area contributed by atoms with Crippen molar-refractivity contribution in [2.24, 2.45) is 5.92 Å². The minimum Gasteiger partial charge on any atom is -0.327 e. The van der Waals surface area contributed by atoms with Gasteiger partial charge in [0.2, 0.25) is 15.9 Å². The van der Waals surface area contributed by atoms with Gasteiger partial charge in [-0.3, -0.25) is 4.79 Å². The molecule has 0 unspecified atom stereocenters. The summed E-state index contributed by atoms with van der Waals surface area (Å²) in [7, 11) is -3.51. The summed E-state index contributed by atoms with van der Waals surface area (Å²) in [5.41, 5.74) is 0.824. The van der Waals surface area contributed by atoms with E-state index < -0.39 is 10.0 Å². The van der Waals surface area contributed by atoms with Crippen molar-refractivity contribution in [2.45, 2.75) is 31.1 Å². The number of hydrogen-bond acceptors (Lipinski definition) is 3. The first-order valence-electron chi connectivity index (χ1n) is 7.41. The summed E-state index contributed by atoms with van der Waals surface area (Å²) < 4.78 is 26.9. The summed E-state index contributed by atoms with van der Waals surface area (Å²) in [6.45, 7) is 3.03. The van der Waals surface area contributed by atoms with Crippen LogP contribution in [0.5, 0.6) is 0 Å². The molecule has 1 amide bonds. The van der Waals surface area contributed by atoms with E-state index in [0.717, 1.165) is 18.4 Å². The largest absolute Gasteiger partial charge is 0.327 e. The third-order valence-electron chi connectivity index (χ3n) is 4.16. The van der Waals surface area contributed by atoms with Crippen LogP contribution >= 0.6 is 0 Å². The Hall–Kier alpha value is -1.40. The molecule has 0 aromatic heterocycles. The monoisotopic (exact) mass is 308 g/mol. The Balaban J connectivity index is 1.81. The average Bonchev–Trinajstić information content (AvgIpc) is 3.22. The van der Waals surface area contributed by atoms with Crippen molar-refractivity contribution in [1.82, 2.24) is 9.21 Å². The van der Waals surface area contributed by atoms with E-state index in [2.05, 4.69) is 0 Å². The number of amides is 1. The summed E-state index contributed by atoms with van der Waals surface area (Å²) in [4.78, 5) is 14.1. The second kappa shape index (κ2) is 5.42. The Morgan fingerprint density at radius 3 is 2.62 bits per heavy atom. The van der Waals surface area contributed by atoms with Crippen LogP contribution in [0.15, 0.2) is 29.2 Å². The Bertz CT molecular complexity index is 653. The minimum atomic E-state index is -3.51. The third kappa shape index (κ3) is 2.70. The number of aryl methyl sites for hydroxylation is 1. The molecule has 1 saturated heterocycles. The zero-order chi connectivity index (χ0) is 15.0. The van der Waals surface area contributed by atoms with Crippen molar-refractivity contribution in [1.29, 1.82) is 0 Å². The lowest BCUT2D eigenvalue weighted by Crippen LogP contribution is -2.35. The summed E-state index contributed by atoms with van der Waals surface area (Å²) in [5, 5.41) is 0. The van der Waals surface area contributed by atoms with Crippen molar-refractivity contribution >= 4 is 15.9 Å². The van der Waals surface area contributed by atoms with E-state index >= 15 is 0 Å². The molecular formula is C15H20N2O3S. The molecule has 3 rings (SSSR count). The maximum atomic E-state index is 12.8. The molecule has 0 bridgehead atoms. The molecule has 21 heavy (non-hydrogen) atoms. The molecule has 114 valence electrons. The van der Waals surface area contributed by atoms with Crippen LogP contribution in [0.2, 0.25) is 0 Å². The molecular weight excluding hydrogens is 288 g/mol. The summed E-state index contributed by atoms with van der Waals surface area (Å²) in [6, 6.07) is 7.09. The first-order chi connectivity index (χ1) is 10.0. The Morgan fingerprint density at radius 2 is 1.95 bits per heavy atom. The molecule has 1 aromatic carbocycles. The molecule has 0 spiro atoms. The van der Waals surface area contributed by atoms with E-state index in [4.69, 9.17) is 0 Å². The van der Waals surface area contributed by atoms with Crippen LogP contribution in [0.3, 0.4) is 0 Å². The first kappa shape index (κ1) is 14.5. The normalized spacial score (nSPS) is 20.0. The molecule has 0 atom stereocenters. The van der Waals surface area contributed by atoms with Gasteiger partial charge in [-0.15, -0.1) is 0 Å². The van der Waals surface area contributed by atoms with E-state index in [1.54, 1.807) is 17.0 Å². The first-order valence-corrected chi connectivity index (χ1v) is 8.85. The average molecular weight is 308 g/mol. The lowest BCUT2D eigenvalue weighted by molar-refractivity contribution is -0.131. The predicted octanol–water partition coefficient (Wildman–Crippen LogP) is 1.45. The van der Waals surface area contributed by atoms with E-state index in [0.29, 0.717) is 24.4 Å². The fourth-order valence-electron chi connectivity index (χ4n) is 2.72. The minimum absolute atomic E-state index is 0.108. The highest BCUT2D eigenvalue weighted by atomic mass is 32.2. The molecule has 2 fully saturated rings. The zero-order valence-electron chi connectivity index (χ0n) is 12.2. The van der Waals surface area contributed by atoms with Crippen LogP contribution in [0.25, 0.3) is 0 Å². The van der Waals surface area contributed by atoms with Gasteiger partial charge < -0.3 is 4.90 Å². The molecule has 5 nitrogen and oxygen atoms in total. The Kier molecular flexibility index (Phi) is 3.75. The lowest BCUT2D eigenvalue weighted by Gasteiger charge is -2.19. The van der Waals surface area contributed by atoms with Gasteiger partial charge in [0.25, 0.3) is 0 Å². The molecule has 2 aliphatic rings. The molecule has 0 radical (unpaired) electrons. The molecule has 1 aliphatic carbocycles. The molecule has 1 heterocycles. The summed E-state index contributed by atoms with van der Waals surface area (Å²) >= 11 is 0. The molecule has 1 aromatic rings. The number of carbonyl (C=O) groups is 1. The molecule has 0 N–H and O–H groups in total. The van der Waals surface area contributed by atoms with Gasteiger partial charge in [0, 0.05) is 19.0 Å². The van der Waals surface area contributed by atoms with E-state index in [1.807, 2.05) is 19.1 Å². The van der Waals surface area contributed by atoms with Gasteiger partial charge in [0.1, 0.15) is 0 Å². The zero-order valence-corrected chi connectivity index (χ0v) is 13.0. The van der Waals surface area contributed by atoms with Crippen LogP contribution in [0.1, 0.15) is 25.3 Å². The quantitative estimate of drug-likeness (QED) is 0.846. The lowest BCUT2D eigenvalue weighted by atomic mass is 10.2. The predicted molar refractivity (Wildman–Crippen MR) is 79.0 cm³/mol. The fraction of sp³-hybridized carbons (Fsp3) is 0.533. The van der Waals surface area contributed by atoms with Gasteiger partial charge in [-0.1, -0.05) is 25.1 Å². The Morgan fingerprint density at radius 1 is 1.24 bits per heavy atom. The van der Waals surface area contributed by atoms with Gasteiger partial charge in [-0.25, -0.2) is 8.42 Å². The Labute approximate surface area is 125 Å². The van der Waals surface area contributed by atoms with Gasteiger partial charge >= 0.3 is 0 Å². The van der Waals surface area contributed by atoms with Crippen molar-refractivity contribution in [3.05, 3.63) is 29.8 Å². The molecule has 1 aliphatic heterocycles. The standard InChI is InChI=1S/C15H20N2O3S/c1-2-12-5-3-4-6-14(12)21(19,20)17-10-9-16(11-17)15(18)13-7-8-13/h3-6,13H,2,7-11H2,1H3. The van der Waals surface area contributed by atoms with Crippen molar-refractivity contribution in [3.63, 3.8) is 0 Å². The van der Waals surface area contributed by atoms with Crippen LogP contribution in [0, 0.1) is 5.92 Å². The maximum absolute atomic E-state index is 12.8. The molecule has 6 heteroatoms. The smallest absolute Gasteiger partial charge is 0.244 e.